The first-order valence-electron chi connectivity index (χ1n) is 9.76. The van der Waals surface area contributed by atoms with Gasteiger partial charge in [0, 0.05) is 44.0 Å². The fourth-order valence-electron chi connectivity index (χ4n) is 3.21. The standard InChI is InChI=1S/C20H26FN5O3S/c1-3-30(28,29)26-11-9-25(10-12-26)14-16-5-4-6-18(19(16)21)24-20(27)23-17-8-7-15(2)22-13-17/h4-8,13H,3,9-12,14H2,1-2H3,(H2,23,24,27). The second-order valence-corrected chi connectivity index (χ2v) is 9.38. The number of nitrogens with zero attached hydrogens (tertiary/aromatic N) is 3. The predicted octanol–water partition coefficient (Wildman–Crippen LogP) is 2.64. The summed E-state index contributed by atoms with van der Waals surface area (Å²) < 4.78 is 40.3. The molecule has 1 aromatic carbocycles. The molecule has 1 aliphatic rings. The van der Waals surface area contributed by atoms with Crippen molar-refractivity contribution in [1.29, 1.82) is 0 Å². The van der Waals surface area contributed by atoms with E-state index in [4.69, 9.17) is 0 Å². The van der Waals surface area contributed by atoms with E-state index in [2.05, 4.69) is 15.6 Å². The molecule has 162 valence electrons. The van der Waals surface area contributed by atoms with Crippen LogP contribution in [0, 0.1) is 12.7 Å². The average Bonchev–Trinajstić information content (AvgIpc) is 2.73. The third kappa shape index (κ3) is 5.53. The van der Waals surface area contributed by atoms with Gasteiger partial charge in [0.2, 0.25) is 10.0 Å². The normalized spacial score (nSPS) is 15.7. The van der Waals surface area contributed by atoms with Gasteiger partial charge in [0.25, 0.3) is 0 Å². The van der Waals surface area contributed by atoms with Crippen LogP contribution in [0.3, 0.4) is 0 Å². The zero-order valence-electron chi connectivity index (χ0n) is 17.1. The molecule has 0 atom stereocenters. The molecule has 2 amide bonds. The smallest absolute Gasteiger partial charge is 0.306 e. The van der Waals surface area contributed by atoms with E-state index in [0.29, 0.717) is 44.0 Å². The van der Waals surface area contributed by atoms with Gasteiger partial charge < -0.3 is 10.6 Å². The lowest BCUT2D eigenvalue weighted by atomic mass is 10.1. The summed E-state index contributed by atoms with van der Waals surface area (Å²) in [6, 6.07) is 7.76. The van der Waals surface area contributed by atoms with Crippen LogP contribution >= 0.6 is 0 Å². The summed E-state index contributed by atoms with van der Waals surface area (Å²) in [7, 11) is -3.20. The van der Waals surface area contributed by atoms with Crippen LogP contribution in [0.2, 0.25) is 0 Å². The summed E-state index contributed by atoms with van der Waals surface area (Å²) in [5.74, 6) is -0.422. The summed E-state index contributed by atoms with van der Waals surface area (Å²) >= 11 is 0. The molecule has 1 fully saturated rings. The van der Waals surface area contributed by atoms with Crippen LogP contribution in [0.1, 0.15) is 18.2 Å². The molecule has 10 heteroatoms. The maximum absolute atomic E-state index is 14.9. The molecule has 1 aromatic heterocycles. The number of pyridine rings is 1. The Morgan fingerprint density at radius 1 is 1.13 bits per heavy atom. The fraction of sp³-hybridized carbons (Fsp3) is 0.400. The largest absolute Gasteiger partial charge is 0.323 e. The van der Waals surface area contributed by atoms with E-state index in [1.54, 1.807) is 31.2 Å². The topological polar surface area (TPSA) is 94.6 Å². The van der Waals surface area contributed by atoms with Crippen molar-refractivity contribution in [3.8, 4) is 0 Å². The monoisotopic (exact) mass is 435 g/mol. The zero-order chi connectivity index (χ0) is 21.7. The highest BCUT2D eigenvalue weighted by Crippen LogP contribution is 2.21. The summed E-state index contributed by atoms with van der Waals surface area (Å²) in [5, 5.41) is 5.14. The second kappa shape index (κ2) is 9.50. The third-order valence-corrected chi connectivity index (χ3v) is 6.86. The molecule has 2 heterocycles. The zero-order valence-corrected chi connectivity index (χ0v) is 17.9. The van der Waals surface area contributed by atoms with E-state index < -0.39 is 21.9 Å². The van der Waals surface area contributed by atoms with Crippen molar-refractivity contribution < 1.29 is 17.6 Å². The minimum Gasteiger partial charge on any atom is -0.306 e. The highest BCUT2D eigenvalue weighted by molar-refractivity contribution is 7.89. The number of amides is 2. The average molecular weight is 436 g/mol. The molecule has 8 nitrogen and oxygen atoms in total. The van der Waals surface area contributed by atoms with Crippen LogP contribution in [-0.2, 0) is 16.6 Å². The molecule has 0 saturated carbocycles. The van der Waals surface area contributed by atoms with Crippen LogP contribution < -0.4 is 10.6 Å². The van der Waals surface area contributed by atoms with E-state index in [1.165, 1.54) is 16.6 Å². The van der Waals surface area contributed by atoms with Gasteiger partial charge in [-0.3, -0.25) is 9.88 Å². The van der Waals surface area contributed by atoms with Gasteiger partial charge in [-0.2, -0.15) is 4.31 Å². The number of piperazine rings is 1. The van der Waals surface area contributed by atoms with Gasteiger partial charge in [-0.15, -0.1) is 0 Å². The van der Waals surface area contributed by atoms with Gasteiger partial charge in [-0.1, -0.05) is 12.1 Å². The molecule has 0 bridgehead atoms. The highest BCUT2D eigenvalue weighted by atomic mass is 32.2. The first-order valence-corrected chi connectivity index (χ1v) is 11.4. The number of nitrogens with one attached hydrogen (secondary N) is 2. The summed E-state index contributed by atoms with van der Waals surface area (Å²) in [6.45, 7) is 5.64. The number of carbonyl (C=O) groups is 1. The predicted molar refractivity (Wildman–Crippen MR) is 114 cm³/mol. The fourth-order valence-corrected chi connectivity index (χ4v) is 4.30. The van der Waals surface area contributed by atoms with Crippen LogP contribution in [0.5, 0.6) is 0 Å². The van der Waals surface area contributed by atoms with Crippen molar-refractivity contribution in [2.45, 2.75) is 20.4 Å². The quantitative estimate of drug-likeness (QED) is 0.728. The van der Waals surface area contributed by atoms with Crippen molar-refractivity contribution >= 4 is 27.4 Å². The number of benzene rings is 1. The Morgan fingerprint density at radius 2 is 1.87 bits per heavy atom. The van der Waals surface area contributed by atoms with E-state index in [0.717, 1.165) is 5.69 Å². The number of aryl methyl sites for hydroxylation is 1. The van der Waals surface area contributed by atoms with E-state index >= 15 is 0 Å². The molecule has 0 unspecified atom stereocenters. The molecule has 30 heavy (non-hydrogen) atoms. The first kappa shape index (κ1) is 22.1. The number of aromatic nitrogens is 1. The molecule has 2 N–H and O–H groups in total. The number of sulfonamides is 1. The lowest BCUT2D eigenvalue weighted by Gasteiger charge is -2.33. The van der Waals surface area contributed by atoms with Crippen molar-refractivity contribution in [3.05, 3.63) is 53.6 Å². The molecule has 2 aromatic rings. The summed E-state index contributed by atoms with van der Waals surface area (Å²) in [4.78, 5) is 18.3. The number of anilines is 2. The first-order chi connectivity index (χ1) is 14.3. The molecule has 1 saturated heterocycles. The molecule has 0 radical (unpaired) electrons. The number of carbonyl (C=O) groups excluding carboxylic acids is 1. The van der Waals surface area contributed by atoms with Gasteiger partial charge in [0.05, 0.1) is 23.3 Å². The van der Waals surface area contributed by atoms with Crippen molar-refractivity contribution in [2.24, 2.45) is 0 Å². The number of halogens is 1. The minimum absolute atomic E-state index is 0.0794. The molecule has 3 rings (SSSR count). The van der Waals surface area contributed by atoms with E-state index in [9.17, 15) is 17.6 Å². The van der Waals surface area contributed by atoms with Gasteiger partial charge in [0.1, 0.15) is 0 Å². The van der Waals surface area contributed by atoms with E-state index in [-0.39, 0.29) is 11.4 Å². The highest BCUT2D eigenvalue weighted by Gasteiger charge is 2.26. The minimum atomic E-state index is -3.20. The third-order valence-electron chi connectivity index (χ3n) is 4.98. The SMILES string of the molecule is CCS(=O)(=O)N1CCN(Cc2cccc(NC(=O)Nc3ccc(C)nc3)c2F)CC1. The second-order valence-electron chi connectivity index (χ2n) is 7.12. The van der Waals surface area contributed by atoms with Gasteiger partial charge in [0.15, 0.2) is 5.82 Å². The maximum Gasteiger partial charge on any atom is 0.323 e. The van der Waals surface area contributed by atoms with Crippen LogP contribution in [0.4, 0.5) is 20.6 Å². The molecule has 0 spiro atoms. The van der Waals surface area contributed by atoms with Crippen molar-refractivity contribution in [2.75, 3.05) is 42.6 Å². The molecular formula is C20H26FN5O3S. The number of urea groups is 1. The summed E-state index contributed by atoms with van der Waals surface area (Å²) in [6.07, 6.45) is 1.53. The Kier molecular flexibility index (Phi) is 7.01. The van der Waals surface area contributed by atoms with E-state index in [1.807, 2.05) is 11.8 Å². The Balaban J connectivity index is 1.60. The molecule has 1 aliphatic heterocycles. The number of hydrogen-bond donors (Lipinski definition) is 2. The number of rotatable bonds is 6. The maximum atomic E-state index is 14.9. The van der Waals surface area contributed by atoms with Gasteiger partial charge in [-0.05, 0) is 32.0 Å². The van der Waals surface area contributed by atoms with Crippen LogP contribution in [0.25, 0.3) is 0 Å². The Morgan fingerprint density at radius 3 is 2.50 bits per heavy atom. The van der Waals surface area contributed by atoms with Crippen LogP contribution in [-0.4, -0.2) is 60.6 Å². The van der Waals surface area contributed by atoms with Crippen molar-refractivity contribution in [3.63, 3.8) is 0 Å². The van der Waals surface area contributed by atoms with Crippen LogP contribution in [0.15, 0.2) is 36.5 Å². The Bertz CT molecular complexity index is 990. The Hall–Kier alpha value is -2.56. The molecular weight excluding hydrogens is 409 g/mol. The molecule has 0 aliphatic carbocycles. The lowest BCUT2D eigenvalue weighted by molar-refractivity contribution is 0.180. The van der Waals surface area contributed by atoms with Gasteiger partial charge >= 0.3 is 6.03 Å². The summed E-state index contributed by atoms with van der Waals surface area (Å²) in [5.41, 5.74) is 1.86. The lowest BCUT2D eigenvalue weighted by Crippen LogP contribution is -2.48. The van der Waals surface area contributed by atoms with Crippen molar-refractivity contribution in [1.82, 2.24) is 14.2 Å². The Labute approximate surface area is 176 Å². The van der Waals surface area contributed by atoms with Gasteiger partial charge in [-0.25, -0.2) is 17.6 Å². The number of hydrogen-bond acceptors (Lipinski definition) is 5.